The Hall–Kier alpha value is -2.89. The normalized spacial score (nSPS) is 16.6. The monoisotopic (exact) mass is 431 g/mol. The van der Waals surface area contributed by atoms with E-state index in [9.17, 15) is 31.1 Å². The number of pyridine rings is 2. The molecule has 0 radical (unpaired) electrons. The van der Waals surface area contributed by atoms with Crippen LogP contribution >= 0.6 is 0 Å². The molecule has 1 saturated heterocycles. The van der Waals surface area contributed by atoms with Crippen molar-refractivity contribution in [2.24, 2.45) is 0 Å². The molecule has 0 atom stereocenters. The Morgan fingerprint density at radius 3 is 2.23 bits per heavy atom. The van der Waals surface area contributed by atoms with Crippen molar-refractivity contribution in [1.82, 2.24) is 24.2 Å². The average Bonchev–Trinajstić information content (AvgIpc) is 3.10. The summed E-state index contributed by atoms with van der Waals surface area (Å²) < 4.78 is 80.7. The van der Waals surface area contributed by atoms with E-state index >= 15 is 0 Å². The standard InChI is InChI=1S/C18H15F6N5O/c1-27-4-6-28(7-5-27)16(30)12-9-29-14(25-12)3-2-10-11(17(19,20)21)8-13(18(22,23)24)26-15(10)29/h2-3,8-9H,4-7H2,1H3. The first-order chi connectivity index (χ1) is 13.9. The van der Waals surface area contributed by atoms with Crippen molar-refractivity contribution in [2.45, 2.75) is 12.4 Å². The summed E-state index contributed by atoms with van der Waals surface area (Å²) in [7, 11) is 1.90. The Balaban J connectivity index is 1.88. The molecule has 0 bridgehead atoms. The number of nitrogens with zero attached hydrogens (tertiary/aromatic N) is 5. The van der Waals surface area contributed by atoms with Gasteiger partial charge in [0.1, 0.15) is 22.7 Å². The Morgan fingerprint density at radius 2 is 1.63 bits per heavy atom. The lowest BCUT2D eigenvalue weighted by atomic mass is 10.1. The highest BCUT2D eigenvalue weighted by molar-refractivity contribution is 5.94. The number of carbonyl (C=O) groups is 1. The minimum absolute atomic E-state index is 0.0125. The zero-order valence-electron chi connectivity index (χ0n) is 15.5. The maximum atomic E-state index is 13.4. The molecule has 4 rings (SSSR count). The Bertz CT molecular complexity index is 1130. The molecule has 160 valence electrons. The predicted molar refractivity (Wildman–Crippen MR) is 93.9 cm³/mol. The zero-order chi connectivity index (χ0) is 21.8. The Morgan fingerprint density at radius 1 is 0.967 bits per heavy atom. The first kappa shape index (κ1) is 20.4. The minimum Gasteiger partial charge on any atom is -0.335 e. The zero-order valence-corrected chi connectivity index (χ0v) is 15.5. The van der Waals surface area contributed by atoms with E-state index in [1.165, 1.54) is 6.07 Å². The summed E-state index contributed by atoms with van der Waals surface area (Å²) >= 11 is 0. The van der Waals surface area contributed by atoms with E-state index in [4.69, 9.17) is 0 Å². The molecule has 12 heteroatoms. The lowest BCUT2D eigenvalue weighted by molar-refractivity contribution is -0.144. The number of rotatable bonds is 1. The van der Waals surface area contributed by atoms with Crippen molar-refractivity contribution in [3.05, 3.63) is 41.3 Å². The molecule has 0 unspecified atom stereocenters. The lowest BCUT2D eigenvalue weighted by Gasteiger charge is -2.31. The van der Waals surface area contributed by atoms with Crippen LogP contribution in [0.4, 0.5) is 26.3 Å². The summed E-state index contributed by atoms with van der Waals surface area (Å²) in [5.74, 6) is -0.442. The molecule has 3 aromatic heterocycles. The van der Waals surface area contributed by atoms with Crippen LogP contribution in [0.3, 0.4) is 0 Å². The van der Waals surface area contributed by atoms with Gasteiger partial charge in [-0.1, -0.05) is 0 Å². The second-order valence-electron chi connectivity index (χ2n) is 7.07. The van der Waals surface area contributed by atoms with Crippen molar-refractivity contribution < 1.29 is 31.1 Å². The molecule has 0 aliphatic carbocycles. The third-order valence-corrected chi connectivity index (χ3v) is 5.00. The SMILES string of the molecule is CN1CCN(C(=O)c2cn3c(ccc4c(C(F)(F)F)cc(C(F)(F)F)nc43)n2)CC1. The number of carbonyl (C=O) groups excluding carboxylic acids is 1. The third-order valence-electron chi connectivity index (χ3n) is 5.00. The molecule has 1 fully saturated rings. The van der Waals surface area contributed by atoms with Crippen LogP contribution in [0.15, 0.2) is 24.4 Å². The summed E-state index contributed by atoms with van der Waals surface area (Å²) in [6.45, 7) is 2.18. The van der Waals surface area contributed by atoms with Crippen LogP contribution in [-0.2, 0) is 12.4 Å². The number of piperazine rings is 1. The number of aromatic nitrogens is 3. The second kappa shape index (κ2) is 6.83. The van der Waals surface area contributed by atoms with Gasteiger partial charge < -0.3 is 9.80 Å². The lowest BCUT2D eigenvalue weighted by Crippen LogP contribution is -2.47. The van der Waals surface area contributed by atoms with Crippen LogP contribution in [0.2, 0.25) is 0 Å². The molecule has 0 spiro atoms. The van der Waals surface area contributed by atoms with Gasteiger partial charge in [0, 0.05) is 37.8 Å². The third kappa shape index (κ3) is 3.55. The molecule has 0 aromatic carbocycles. The van der Waals surface area contributed by atoms with Crippen LogP contribution in [-0.4, -0.2) is 63.3 Å². The molecule has 1 aliphatic rings. The quantitative estimate of drug-likeness (QED) is 0.555. The van der Waals surface area contributed by atoms with Crippen molar-refractivity contribution >= 4 is 22.6 Å². The van der Waals surface area contributed by atoms with E-state index in [-0.39, 0.29) is 17.4 Å². The van der Waals surface area contributed by atoms with Gasteiger partial charge in [0.25, 0.3) is 5.91 Å². The number of halogens is 6. The topological polar surface area (TPSA) is 53.7 Å². The second-order valence-corrected chi connectivity index (χ2v) is 7.07. The molecule has 4 heterocycles. The van der Waals surface area contributed by atoms with Crippen molar-refractivity contribution in [1.29, 1.82) is 0 Å². The summed E-state index contributed by atoms with van der Waals surface area (Å²) in [6, 6.07) is 2.21. The van der Waals surface area contributed by atoms with Gasteiger partial charge in [-0.05, 0) is 25.2 Å². The van der Waals surface area contributed by atoms with Gasteiger partial charge in [0.2, 0.25) is 0 Å². The van der Waals surface area contributed by atoms with Crippen LogP contribution in [0, 0.1) is 0 Å². The van der Waals surface area contributed by atoms with E-state index in [0.29, 0.717) is 26.2 Å². The highest BCUT2D eigenvalue weighted by Crippen LogP contribution is 2.38. The van der Waals surface area contributed by atoms with Crippen LogP contribution in [0.25, 0.3) is 16.7 Å². The summed E-state index contributed by atoms with van der Waals surface area (Å²) in [4.78, 5) is 23.8. The van der Waals surface area contributed by atoms with E-state index in [2.05, 4.69) is 9.97 Å². The minimum atomic E-state index is -5.07. The van der Waals surface area contributed by atoms with Gasteiger partial charge >= 0.3 is 12.4 Å². The van der Waals surface area contributed by atoms with Crippen LogP contribution < -0.4 is 0 Å². The Labute approximate surface area is 165 Å². The number of fused-ring (bicyclic) bond motifs is 3. The van der Waals surface area contributed by atoms with Crippen molar-refractivity contribution in [2.75, 3.05) is 33.2 Å². The predicted octanol–water partition coefficient (Wildman–Crippen LogP) is 3.31. The van der Waals surface area contributed by atoms with E-state index < -0.39 is 40.6 Å². The van der Waals surface area contributed by atoms with Gasteiger partial charge in [0.15, 0.2) is 0 Å². The fourth-order valence-corrected chi connectivity index (χ4v) is 3.38. The summed E-state index contributed by atoms with van der Waals surface area (Å²) in [5.41, 5.74) is -3.74. The highest BCUT2D eigenvalue weighted by atomic mass is 19.4. The van der Waals surface area contributed by atoms with Crippen LogP contribution in [0.1, 0.15) is 21.7 Å². The van der Waals surface area contributed by atoms with Crippen LogP contribution in [0.5, 0.6) is 0 Å². The highest BCUT2D eigenvalue weighted by Gasteiger charge is 2.39. The maximum Gasteiger partial charge on any atom is 0.433 e. The molecular formula is C18H15F6N5O. The largest absolute Gasteiger partial charge is 0.433 e. The average molecular weight is 431 g/mol. The first-order valence-electron chi connectivity index (χ1n) is 8.90. The molecule has 30 heavy (non-hydrogen) atoms. The first-order valence-corrected chi connectivity index (χ1v) is 8.90. The fourth-order valence-electron chi connectivity index (χ4n) is 3.38. The molecular weight excluding hydrogens is 416 g/mol. The van der Waals surface area contributed by atoms with Gasteiger partial charge in [0.05, 0.1) is 5.56 Å². The van der Waals surface area contributed by atoms with Gasteiger partial charge in [-0.15, -0.1) is 0 Å². The molecule has 0 saturated carbocycles. The van der Waals surface area contributed by atoms with Crippen molar-refractivity contribution in [3.8, 4) is 0 Å². The number of amides is 1. The van der Waals surface area contributed by atoms with Gasteiger partial charge in [-0.25, -0.2) is 9.97 Å². The van der Waals surface area contributed by atoms with E-state index in [0.717, 1.165) is 16.7 Å². The molecule has 0 N–H and O–H groups in total. The number of imidazole rings is 1. The molecule has 6 nitrogen and oxygen atoms in total. The number of alkyl halides is 6. The summed E-state index contributed by atoms with van der Waals surface area (Å²) in [5, 5.41) is -0.515. The molecule has 3 aromatic rings. The van der Waals surface area contributed by atoms with E-state index in [1.807, 2.05) is 11.9 Å². The van der Waals surface area contributed by atoms with Crippen molar-refractivity contribution in [3.63, 3.8) is 0 Å². The summed E-state index contributed by atoms with van der Waals surface area (Å²) in [6.07, 6.45) is -8.96. The molecule has 1 aliphatic heterocycles. The van der Waals surface area contributed by atoms with E-state index in [1.54, 1.807) is 4.90 Å². The molecule has 1 amide bonds. The van der Waals surface area contributed by atoms with Gasteiger partial charge in [-0.3, -0.25) is 9.20 Å². The fraction of sp³-hybridized carbons (Fsp3) is 0.389. The van der Waals surface area contributed by atoms with Gasteiger partial charge in [-0.2, -0.15) is 26.3 Å². The number of likely N-dealkylation sites (N-methyl/N-ethyl adjacent to an activating group) is 1. The number of hydrogen-bond donors (Lipinski definition) is 0. The number of hydrogen-bond acceptors (Lipinski definition) is 4. The smallest absolute Gasteiger partial charge is 0.335 e. The maximum absolute atomic E-state index is 13.4. The Kier molecular flexibility index (Phi) is 4.64.